The number of nitrogens with zero attached hydrogens (tertiary/aromatic N) is 1. The van der Waals surface area contributed by atoms with E-state index in [1.54, 1.807) is 61.5 Å². The summed E-state index contributed by atoms with van der Waals surface area (Å²) >= 11 is 18.4. The second-order valence-electron chi connectivity index (χ2n) is 7.57. The van der Waals surface area contributed by atoms with E-state index >= 15 is 0 Å². The van der Waals surface area contributed by atoms with Gasteiger partial charge < -0.3 is 15.4 Å². The van der Waals surface area contributed by atoms with Gasteiger partial charge in [0.1, 0.15) is 16.5 Å². The van der Waals surface area contributed by atoms with Crippen LogP contribution in [0.25, 0.3) is 0 Å². The topological polar surface area (TPSA) is 87.7 Å². The predicted octanol–water partition coefficient (Wildman–Crippen LogP) is 6.00. The molecule has 10 heteroatoms. The van der Waals surface area contributed by atoms with Crippen molar-refractivity contribution in [1.29, 1.82) is 0 Å². The lowest BCUT2D eigenvalue weighted by atomic mass is 10.1. The first-order chi connectivity index (χ1) is 16.7. The van der Waals surface area contributed by atoms with E-state index in [1.165, 1.54) is 13.2 Å². The van der Waals surface area contributed by atoms with E-state index in [-0.39, 0.29) is 10.7 Å². The van der Waals surface area contributed by atoms with E-state index in [0.29, 0.717) is 38.4 Å². The minimum Gasteiger partial charge on any atom is -0.495 e. The van der Waals surface area contributed by atoms with Crippen molar-refractivity contribution in [1.82, 2.24) is 0 Å². The first-order valence-corrected chi connectivity index (χ1v) is 11.4. The van der Waals surface area contributed by atoms with Crippen LogP contribution in [-0.2, 0) is 9.59 Å². The van der Waals surface area contributed by atoms with Gasteiger partial charge in [-0.2, -0.15) is 0 Å². The predicted molar refractivity (Wildman–Crippen MR) is 138 cm³/mol. The molecule has 0 unspecified atom stereocenters. The van der Waals surface area contributed by atoms with Crippen molar-refractivity contribution in [2.24, 2.45) is 0 Å². The molecule has 7 nitrogen and oxygen atoms in total. The molecule has 178 valence electrons. The molecule has 0 atom stereocenters. The van der Waals surface area contributed by atoms with Crippen LogP contribution in [0, 0.1) is 6.92 Å². The Bertz CT molecular complexity index is 1400. The fourth-order valence-electron chi connectivity index (χ4n) is 3.44. The molecule has 0 radical (unpaired) electrons. The highest BCUT2D eigenvalue weighted by Crippen LogP contribution is 2.32. The summed E-state index contributed by atoms with van der Waals surface area (Å²) in [6, 6.07) is 16.1. The lowest BCUT2D eigenvalue weighted by Gasteiger charge is -2.16. The number of hydrogen-bond acceptors (Lipinski definition) is 5. The second-order valence-corrected chi connectivity index (χ2v) is 8.79. The zero-order valence-corrected chi connectivity index (χ0v) is 20.8. The molecule has 0 spiro atoms. The first-order valence-electron chi connectivity index (χ1n) is 10.3. The first kappa shape index (κ1) is 24.6. The highest BCUT2D eigenvalue weighted by molar-refractivity contribution is 6.53. The number of ether oxygens (including phenoxy) is 1. The maximum absolute atomic E-state index is 13.1. The molecular formula is C25H18Cl3N3O4. The van der Waals surface area contributed by atoms with Crippen molar-refractivity contribution in [3.63, 3.8) is 0 Å². The second kappa shape index (κ2) is 10.00. The van der Waals surface area contributed by atoms with Gasteiger partial charge in [0.2, 0.25) is 0 Å². The van der Waals surface area contributed by atoms with Crippen molar-refractivity contribution >= 4 is 69.6 Å². The number of amides is 3. The molecule has 0 aliphatic carbocycles. The maximum atomic E-state index is 13.1. The summed E-state index contributed by atoms with van der Waals surface area (Å²) < 4.78 is 5.12. The van der Waals surface area contributed by atoms with Gasteiger partial charge in [-0.25, -0.2) is 4.90 Å². The number of nitrogens with one attached hydrogen (secondary N) is 2. The molecule has 1 aliphatic heterocycles. The maximum Gasteiger partial charge on any atom is 0.283 e. The van der Waals surface area contributed by atoms with Gasteiger partial charge in [-0.1, -0.05) is 46.9 Å². The summed E-state index contributed by atoms with van der Waals surface area (Å²) in [5.74, 6) is -1.23. The molecule has 0 bridgehead atoms. The number of carbonyl (C=O) groups excluding carboxylic acids is 3. The van der Waals surface area contributed by atoms with E-state index in [2.05, 4.69) is 10.6 Å². The zero-order chi connectivity index (χ0) is 25.3. The molecule has 4 rings (SSSR count). The van der Waals surface area contributed by atoms with Crippen molar-refractivity contribution < 1.29 is 19.1 Å². The number of carbonyl (C=O) groups is 3. The number of halogens is 3. The molecule has 3 aromatic rings. The number of rotatable bonds is 6. The minimum absolute atomic E-state index is 0.0979. The molecule has 0 fully saturated rings. The number of methoxy groups -OCH3 is 1. The molecule has 0 aromatic heterocycles. The fraction of sp³-hybridized carbons (Fsp3) is 0.0800. The third-order valence-corrected chi connectivity index (χ3v) is 6.14. The molecule has 35 heavy (non-hydrogen) atoms. The molecular weight excluding hydrogens is 513 g/mol. The van der Waals surface area contributed by atoms with Crippen molar-refractivity contribution in [2.45, 2.75) is 6.92 Å². The monoisotopic (exact) mass is 529 g/mol. The lowest BCUT2D eigenvalue weighted by molar-refractivity contribution is -0.120. The quantitative estimate of drug-likeness (QED) is 0.382. The van der Waals surface area contributed by atoms with Gasteiger partial charge in [0.25, 0.3) is 17.7 Å². The van der Waals surface area contributed by atoms with E-state index in [0.717, 1.165) is 10.5 Å². The zero-order valence-electron chi connectivity index (χ0n) is 18.5. The summed E-state index contributed by atoms with van der Waals surface area (Å²) in [5, 5.41) is 6.14. The Labute approximate surface area is 216 Å². The molecule has 3 aromatic carbocycles. The molecule has 1 aliphatic rings. The van der Waals surface area contributed by atoms with Gasteiger partial charge in [0, 0.05) is 22.0 Å². The van der Waals surface area contributed by atoms with Crippen LogP contribution in [-0.4, -0.2) is 24.8 Å². The van der Waals surface area contributed by atoms with Crippen LogP contribution in [0.15, 0.2) is 71.4 Å². The Hall–Kier alpha value is -3.52. The number of imide groups is 1. The third kappa shape index (κ3) is 4.98. The summed E-state index contributed by atoms with van der Waals surface area (Å²) in [4.78, 5) is 39.5. The molecule has 3 amide bonds. The Morgan fingerprint density at radius 1 is 0.943 bits per heavy atom. The van der Waals surface area contributed by atoms with Crippen LogP contribution in [0.5, 0.6) is 5.75 Å². The van der Waals surface area contributed by atoms with Gasteiger partial charge in [-0.15, -0.1) is 0 Å². The highest BCUT2D eigenvalue weighted by atomic mass is 35.5. The smallest absolute Gasteiger partial charge is 0.283 e. The average Bonchev–Trinajstić information content (AvgIpc) is 3.03. The summed E-state index contributed by atoms with van der Waals surface area (Å²) in [6.07, 6.45) is 0. The Morgan fingerprint density at radius 2 is 1.71 bits per heavy atom. The van der Waals surface area contributed by atoms with Crippen LogP contribution in [0.1, 0.15) is 15.9 Å². The number of anilines is 3. The van der Waals surface area contributed by atoms with Crippen molar-refractivity contribution in [3.05, 3.63) is 92.6 Å². The average molecular weight is 531 g/mol. The van der Waals surface area contributed by atoms with Crippen LogP contribution in [0.4, 0.5) is 17.1 Å². The SMILES string of the molecule is COc1ccc(NC(=O)c2ccc(C)c(NC3=C(Cl)C(=O)N(c4cccc(Cl)c4)C3=O)c2)cc1Cl. The third-order valence-electron chi connectivity index (χ3n) is 5.26. The Morgan fingerprint density at radius 3 is 2.40 bits per heavy atom. The summed E-state index contributed by atoms with van der Waals surface area (Å²) in [6.45, 7) is 1.79. The van der Waals surface area contributed by atoms with Gasteiger partial charge in [0.15, 0.2) is 0 Å². The van der Waals surface area contributed by atoms with Crippen LogP contribution < -0.4 is 20.3 Å². The number of benzene rings is 3. The minimum atomic E-state index is -0.677. The summed E-state index contributed by atoms with van der Waals surface area (Å²) in [5.41, 5.74) is 2.16. The lowest BCUT2D eigenvalue weighted by Crippen LogP contribution is -2.32. The summed E-state index contributed by atoms with van der Waals surface area (Å²) in [7, 11) is 1.50. The molecule has 0 saturated heterocycles. The molecule has 1 heterocycles. The van der Waals surface area contributed by atoms with E-state index in [9.17, 15) is 14.4 Å². The normalized spacial score (nSPS) is 13.3. The highest BCUT2D eigenvalue weighted by Gasteiger charge is 2.39. The van der Waals surface area contributed by atoms with Gasteiger partial charge >= 0.3 is 0 Å². The molecule has 0 saturated carbocycles. The Kier molecular flexibility index (Phi) is 7.03. The van der Waals surface area contributed by atoms with Crippen LogP contribution in [0.2, 0.25) is 10.0 Å². The van der Waals surface area contributed by atoms with E-state index in [4.69, 9.17) is 39.5 Å². The standard InChI is InChI=1S/C25H18Cl3N3O4/c1-13-6-7-14(23(32)29-16-8-9-20(35-2)18(27)12-16)10-19(13)30-22-21(28)24(33)31(25(22)34)17-5-3-4-15(26)11-17/h3-12,30H,1-2H3,(H,29,32). The molecule has 2 N–H and O–H groups in total. The van der Waals surface area contributed by atoms with Crippen LogP contribution in [0.3, 0.4) is 0 Å². The van der Waals surface area contributed by atoms with Crippen LogP contribution >= 0.6 is 34.8 Å². The Balaban J connectivity index is 1.57. The largest absolute Gasteiger partial charge is 0.495 e. The van der Waals surface area contributed by atoms with Gasteiger partial charge in [-0.3, -0.25) is 14.4 Å². The number of hydrogen-bond donors (Lipinski definition) is 2. The van der Waals surface area contributed by atoms with E-state index < -0.39 is 17.7 Å². The van der Waals surface area contributed by atoms with Crippen molar-refractivity contribution in [3.8, 4) is 5.75 Å². The number of aryl methyl sites for hydroxylation is 1. The fourth-order valence-corrected chi connectivity index (χ4v) is 4.10. The van der Waals surface area contributed by atoms with Gasteiger partial charge in [0.05, 0.1) is 17.8 Å². The van der Waals surface area contributed by atoms with Gasteiger partial charge in [-0.05, 0) is 61.0 Å². The van der Waals surface area contributed by atoms with E-state index in [1.807, 2.05) is 0 Å². The van der Waals surface area contributed by atoms with Crippen molar-refractivity contribution in [2.75, 3.05) is 22.6 Å².